The molecule has 0 saturated heterocycles. The summed E-state index contributed by atoms with van der Waals surface area (Å²) in [6.45, 7) is 7.44. The van der Waals surface area contributed by atoms with Crippen molar-refractivity contribution in [2.24, 2.45) is 5.92 Å². The van der Waals surface area contributed by atoms with E-state index in [4.69, 9.17) is 4.98 Å². The maximum atomic E-state index is 4.84. The largest absolute Gasteiger partial charge is 0.370 e. The van der Waals surface area contributed by atoms with E-state index in [1.165, 1.54) is 32.1 Å². The van der Waals surface area contributed by atoms with Gasteiger partial charge in [-0.3, -0.25) is 0 Å². The maximum absolute atomic E-state index is 4.84. The lowest BCUT2D eigenvalue weighted by atomic mass is 9.85. The van der Waals surface area contributed by atoms with Gasteiger partial charge in [0.15, 0.2) is 0 Å². The Morgan fingerprint density at radius 1 is 1.20 bits per heavy atom. The van der Waals surface area contributed by atoms with Crippen LogP contribution in [0.15, 0.2) is 6.07 Å². The monoisotopic (exact) mass is 274 g/mol. The van der Waals surface area contributed by atoms with Gasteiger partial charge in [0.05, 0.1) is 0 Å². The van der Waals surface area contributed by atoms with E-state index in [1.807, 2.05) is 0 Å². The minimum Gasteiger partial charge on any atom is -0.370 e. The molecule has 0 aromatic carbocycles. The normalized spacial score (nSPS) is 18.7. The zero-order valence-electron chi connectivity index (χ0n) is 12.7. The van der Waals surface area contributed by atoms with Crippen molar-refractivity contribution in [3.63, 3.8) is 0 Å². The van der Waals surface area contributed by atoms with Crippen LogP contribution in [0, 0.1) is 5.92 Å². The molecular formula is C16H26N4. The lowest BCUT2D eigenvalue weighted by molar-refractivity contribution is 0.318. The third-order valence-corrected chi connectivity index (χ3v) is 4.44. The van der Waals surface area contributed by atoms with Crippen LogP contribution in [0.4, 0.5) is 11.6 Å². The van der Waals surface area contributed by atoms with Gasteiger partial charge in [-0.2, -0.15) is 0 Å². The van der Waals surface area contributed by atoms with Crippen molar-refractivity contribution in [1.82, 2.24) is 9.97 Å². The van der Waals surface area contributed by atoms with Crippen LogP contribution >= 0.6 is 0 Å². The molecule has 1 aromatic heterocycles. The minimum absolute atomic E-state index is 0.606. The zero-order valence-corrected chi connectivity index (χ0v) is 12.7. The Balaban J connectivity index is 1.80. The second-order valence-electron chi connectivity index (χ2n) is 6.11. The third-order valence-electron chi connectivity index (χ3n) is 4.44. The number of anilines is 2. The predicted molar refractivity (Wildman–Crippen MR) is 83.4 cm³/mol. The van der Waals surface area contributed by atoms with Gasteiger partial charge < -0.3 is 10.2 Å². The van der Waals surface area contributed by atoms with Crippen molar-refractivity contribution in [2.75, 3.05) is 29.9 Å². The van der Waals surface area contributed by atoms with E-state index >= 15 is 0 Å². The molecule has 0 bridgehead atoms. The zero-order chi connectivity index (χ0) is 13.9. The average Bonchev–Trinajstić information content (AvgIpc) is 3.22. The highest BCUT2D eigenvalue weighted by Crippen LogP contribution is 2.39. The number of nitrogens with zero attached hydrogens (tertiary/aromatic N) is 3. The molecule has 0 atom stereocenters. The summed E-state index contributed by atoms with van der Waals surface area (Å²) in [4.78, 5) is 11.9. The summed E-state index contributed by atoms with van der Waals surface area (Å²) in [7, 11) is 0. The summed E-state index contributed by atoms with van der Waals surface area (Å²) in [5, 5.41) is 3.35. The van der Waals surface area contributed by atoms with E-state index < -0.39 is 0 Å². The number of hydrogen-bond donors (Lipinski definition) is 1. The van der Waals surface area contributed by atoms with E-state index in [0.29, 0.717) is 5.92 Å². The molecule has 2 fully saturated rings. The highest BCUT2D eigenvalue weighted by atomic mass is 15.2. The van der Waals surface area contributed by atoms with Gasteiger partial charge in [-0.1, -0.05) is 6.42 Å². The Labute approximate surface area is 122 Å². The Hall–Kier alpha value is -1.32. The van der Waals surface area contributed by atoms with E-state index in [2.05, 4.69) is 35.1 Å². The van der Waals surface area contributed by atoms with E-state index in [1.54, 1.807) is 0 Å². The lowest BCUT2D eigenvalue weighted by Crippen LogP contribution is -2.33. The molecular weight excluding hydrogens is 248 g/mol. The second-order valence-corrected chi connectivity index (χ2v) is 6.11. The van der Waals surface area contributed by atoms with Crippen LogP contribution < -0.4 is 10.2 Å². The molecule has 0 amide bonds. The highest BCUT2D eigenvalue weighted by molar-refractivity contribution is 5.50. The van der Waals surface area contributed by atoms with Gasteiger partial charge in [-0.15, -0.1) is 0 Å². The molecule has 3 rings (SSSR count). The first-order chi connectivity index (χ1) is 9.80. The van der Waals surface area contributed by atoms with Gasteiger partial charge in [0, 0.05) is 31.6 Å². The second kappa shape index (κ2) is 5.98. The smallest absolute Gasteiger partial charge is 0.136 e. The van der Waals surface area contributed by atoms with Gasteiger partial charge >= 0.3 is 0 Å². The Morgan fingerprint density at radius 2 is 2.00 bits per heavy atom. The van der Waals surface area contributed by atoms with E-state index in [0.717, 1.165) is 43.0 Å². The van der Waals surface area contributed by atoms with Gasteiger partial charge in [-0.05, 0) is 45.4 Å². The van der Waals surface area contributed by atoms with Crippen LogP contribution in [-0.2, 0) is 0 Å². The highest BCUT2D eigenvalue weighted by Gasteiger charge is 2.28. The first kappa shape index (κ1) is 13.7. The molecule has 4 nitrogen and oxygen atoms in total. The number of hydrogen-bond acceptors (Lipinski definition) is 4. The molecule has 0 unspecified atom stereocenters. The Morgan fingerprint density at radius 3 is 2.55 bits per heavy atom. The van der Waals surface area contributed by atoms with Crippen LogP contribution in [0.25, 0.3) is 0 Å². The van der Waals surface area contributed by atoms with Crippen LogP contribution in [0.5, 0.6) is 0 Å². The quantitative estimate of drug-likeness (QED) is 0.827. The Kier molecular flexibility index (Phi) is 4.08. The fourth-order valence-electron chi connectivity index (χ4n) is 2.78. The molecule has 110 valence electrons. The molecule has 1 heterocycles. The van der Waals surface area contributed by atoms with Gasteiger partial charge in [0.25, 0.3) is 0 Å². The van der Waals surface area contributed by atoms with Crippen LogP contribution in [0.2, 0.25) is 0 Å². The van der Waals surface area contributed by atoms with Crippen molar-refractivity contribution in [2.45, 2.75) is 51.9 Å². The number of aromatic nitrogens is 2. The fraction of sp³-hybridized carbons (Fsp3) is 0.750. The molecule has 0 aliphatic heterocycles. The summed E-state index contributed by atoms with van der Waals surface area (Å²) in [6.07, 6.45) is 6.68. The molecule has 2 aliphatic rings. The van der Waals surface area contributed by atoms with Crippen LogP contribution in [-0.4, -0.2) is 29.6 Å². The lowest BCUT2D eigenvalue weighted by Gasteiger charge is -2.32. The van der Waals surface area contributed by atoms with Crippen molar-refractivity contribution < 1.29 is 0 Å². The molecule has 20 heavy (non-hydrogen) atoms. The predicted octanol–water partition coefficient (Wildman–Crippen LogP) is 3.41. The minimum atomic E-state index is 0.606. The molecule has 4 heteroatoms. The van der Waals surface area contributed by atoms with Gasteiger partial charge in [0.2, 0.25) is 0 Å². The van der Waals surface area contributed by atoms with Gasteiger partial charge in [-0.25, -0.2) is 9.97 Å². The third kappa shape index (κ3) is 3.05. The van der Waals surface area contributed by atoms with E-state index in [9.17, 15) is 0 Å². The molecule has 1 N–H and O–H groups in total. The summed E-state index contributed by atoms with van der Waals surface area (Å²) in [5.74, 6) is 4.64. The molecule has 0 radical (unpaired) electrons. The molecule has 1 aromatic rings. The van der Waals surface area contributed by atoms with Crippen molar-refractivity contribution in [3.8, 4) is 0 Å². The van der Waals surface area contributed by atoms with Crippen LogP contribution in [0.3, 0.4) is 0 Å². The van der Waals surface area contributed by atoms with Crippen molar-refractivity contribution >= 4 is 11.6 Å². The number of nitrogens with one attached hydrogen (secondary N) is 1. The van der Waals surface area contributed by atoms with Crippen molar-refractivity contribution in [1.29, 1.82) is 0 Å². The SMILES string of the molecule is CCNc1cc(N(CC)CC2CCC2)nc(C2CC2)n1. The summed E-state index contributed by atoms with van der Waals surface area (Å²) < 4.78 is 0. The van der Waals surface area contributed by atoms with Crippen LogP contribution in [0.1, 0.15) is 57.7 Å². The molecule has 0 spiro atoms. The summed E-state index contributed by atoms with van der Waals surface area (Å²) >= 11 is 0. The maximum Gasteiger partial charge on any atom is 0.136 e. The first-order valence-corrected chi connectivity index (χ1v) is 8.18. The summed E-state index contributed by atoms with van der Waals surface area (Å²) in [6, 6.07) is 2.12. The van der Waals surface area contributed by atoms with E-state index in [-0.39, 0.29) is 0 Å². The summed E-state index contributed by atoms with van der Waals surface area (Å²) in [5.41, 5.74) is 0. The Bertz CT molecular complexity index is 452. The fourth-order valence-corrected chi connectivity index (χ4v) is 2.78. The first-order valence-electron chi connectivity index (χ1n) is 8.18. The topological polar surface area (TPSA) is 41.0 Å². The number of rotatable bonds is 7. The standard InChI is InChI=1S/C16H26N4/c1-3-17-14-10-15(19-16(18-14)13-8-9-13)20(4-2)11-12-6-5-7-12/h10,12-13H,3-9,11H2,1-2H3,(H,17,18,19). The molecule has 2 saturated carbocycles. The van der Waals surface area contributed by atoms with Crippen molar-refractivity contribution in [3.05, 3.63) is 11.9 Å². The van der Waals surface area contributed by atoms with Gasteiger partial charge in [0.1, 0.15) is 17.5 Å². The average molecular weight is 274 g/mol. The molecule has 2 aliphatic carbocycles.